The zero-order valence-electron chi connectivity index (χ0n) is 10.0. The highest BCUT2D eigenvalue weighted by molar-refractivity contribution is 7.10. The Kier molecular flexibility index (Phi) is 6.64. The average Bonchev–Trinajstić information content (AvgIpc) is 2.74. The Balaban J connectivity index is 2.20. The molecule has 92 valence electrons. The lowest BCUT2D eigenvalue weighted by Gasteiger charge is -2.11. The fraction of sp³-hybridized carbons (Fsp3) is 0.667. The van der Waals surface area contributed by atoms with Crippen LogP contribution in [0.2, 0.25) is 0 Å². The van der Waals surface area contributed by atoms with E-state index in [0.29, 0.717) is 19.8 Å². The summed E-state index contributed by atoms with van der Waals surface area (Å²) in [6.45, 7) is 6.58. The monoisotopic (exact) mass is 243 g/mol. The molecule has 0 amide bonds. The highest BCUT2D eigenvalue weighted by Crippen LogP contribution is 2.16. The summed E-state index contributed by atoms with van der Waals surface area (Å²) in [6.07, 6.45) is 0.659. The largest absolute Gasteiger partial charge is 0.389 e. The smallest absolute Gasteiger partial charge is 0.0897 e. The molecule has 0 radical (unpaired) electrons. The van der Waals surface area contributed by atoms with Crippen LogP contribution < -0.4 is 5.32 Å². The zero-order chi connectivity index (χ0) is 11.8. The molecule has 2 N–H and O–H groups in total. The molecule has 0 aliphatic heterocycles. The minimum atomic E-state index is -0.412. The van der Waals surface area contributed by atoms with Crippen molar-refractivity contribution in [1.82, 2.24) is 5.32 Å². The van der Waals surface area contributed by atoms with Crippen LogP contribution in [-0.4, -0.2) is 31.0 Å². The van der Waals surface area contributed by atoms with E-state index in [0.717, 1.165) is 13.0 Å². The highest BCUT2D eigenvalue weighted by Gasteiger charge is 2.05. The van der Waals surface area contributed by atoms with E-state index < -0.39 is 6.10 Å². The van der Waals surface area contributed by atoms with Gasteiger partial charge in [-0.05, 0) is 30.4 Å². The van der Waals surface area contributed by atoms with E-state index in [1.807, 2.05) is 6.92 Å². The number of thiophene rings is 1. The van der Waals surface area contributed by atoms with Gasteiger partial charge in [-0.25, -0.2) is 0 Å². The van der Waals surface area contributed by atoms with Crippen molar-refractivity contribution < 1.29 is 9.84 Å². The lowest BCUT2D eigenvalue weighted by atomic mass is 10.2. The van der Waals surface area contributed by atoms with Crippen molar-refractivity contribution in [2.24, 2.45) is 0 Å². The first-order valence-electron chi connectivity index (χ1n) is 5.79. The van der Waals surface area contributed by atoms with Crippen LogP contribution in [-0.2, 0) is 17.7 Å². The summed E-state index contributed by atoms with van der Waals surface area (Å²) in [4.78, 5) is 1.37. The van der Waals surface area contributed by atoms with Gasteiger partial charge in [0, 0.05) is 24.6 Å². The van der Waals surface area contributed by atoms with E-state index in [4.69, 9.17) is 4.74 Å². The van der Waals surface area contributed by atoms with Crippen LogP contribution >= 0.6 is 11.3 Å². The van der Waals surface area contributed by atoms with Gasteiger partial charge in [-0.2, -0.15) is 0 Å². The van der Waals surface area contributed by atoms with E-state index in [2.05, 4.69) is 23.7 Å². The van der Waals surface area contributed by atoms with Crippen LogP contribution in [0, 0.1) is 0 Å². The lowest BCUT2D eigenvalue weighted by Crippen LogP contribution is -2.30. The summed E-state index contributed by atoms with van der Waals surface area (Å²) in [5, 5.41) is 14.9. The van der Waals surface area contributed by atoms with Crippen molar-refractivity contribution >= 4 is 11.3 Å². The van der Waals surface area contributed by atoms with Gasteiger partial charge in [0.2, 0.25) is 0 Å². The van der Waals surface area contributed by atoms with Crippen molar-refractivity contribution in [3.8, 4) is 0 Å². The number of hydrogen-bond acceptors (Lipinski definition) is 4. The Hall–Kier alpha value is -0.420. The fourth-order valence-electron chi connectivity index (χ4n) is 1.50. The SMILES string of the molecule is CCOCC(O)CNCc1sccc1CC. The molecule has 0 aromatic carbocycles. The van der Waals surface area contributed by atoms with Gasteiger partial charge >= 0.3 is 0 Å². The quantitative estimate of drug-likeness (QED) is 0.731. The average molecular weight is 243 g/mol. The van der Waals surface area contributed by atoms with Gasteiger partial charge in [0.25, 0.3) is 0 Å². The van der Waals surface area contributed by atoms with Crippen molar-refractivity contribution in [1.29, 1.82) is 0 Å². The number of aliphatic hydroxyl groups excluding tert-OH is 1. The van der Waals surface area contributed by atoms with Crippen molar-refractivity contribution in [3.05, 3.63) is 21.9 Å². The molecule has 0 fully saturated rings. The molecule has 1 atom stereocenters. The third-order valence-electron chi connectivity index (χ3n) is 2.40. The van der Waals surface area contributed by atoms with Crippen molar-refractivity contribution in [2.75, 3.05) is 19.8 Å². The molecule has 1 unspecified atom stereocenters. The van der Waals surface area contributed by atoms with Crippen LogP contribution in [0.25, 0.3) is 0 Å². The van der Waals surface area contributed by atoms with Gasteiger partial charge in [-0.3, -0.25) is 0 Å². The van der Waals surface area contributed by atoms with E-state index in [-0.39, 0.29) is 0 Å². The molecular formula is C12H21NO2S. The lowest BCUT2D eigenvalue weighted by molar-refractivity contribution is 0.0427. The molecule has 0 aliphatic rings. The van der Waals surface area contributed by atoms with Gasteiger partial charge < -0.3 is 15.2 Å². The van der Waals surface area contributed by atoms with Gasteiger partial charge in [-0.1, -0.05) is 6.92 Å². The summed E-state index contributed by atoms with van der Waals surface area (Å²) in [6, 6.07) is 2.16. The van der Waals surface area contributed by atoms with Crippen LogP contribution in [0.4, 0.5) is 0 Å². The first-order valence-corrected chi connectivity index (χ1v) is 6.67. The second-order valence-electron chi connectivity index (χ2n) is 3.67. The van der Waals surface area contributed by atoms with E-state index in [1.165, 1.54) is 10.4 Å². The van der Waals surface area contributed by atoms with Gasteiger partial charge in [-0.15, -0.1) is 11.3 Å². The molecule has 1 rings (SSSR count). The fourth-order valence-corrected chi connectivity index (χ4v) is 2.45. The first-order chi connectivity index (χ1) is 7.77. The summed E-state index contributed by atoms with van der Waals surface area (Å²) in [5.74, 6) is 0. The Labute approximate surface area is 101 Å². The third-order valence-corrected chi connectivity index (χ3v) is 3.36. The summed E-state index contributed by atoms with van der Waals surface area (Å²) < 4.78 is 5.14. The maximum atomic E-state index is 9.55. The molecular weight excluding hydrogens is 222 g/mol. The Morgan fingerprint density at radius 2 is 2.31 bits per heavy atom. The predicted molar refractivity (Wildman–Crippen MR) is 67.9 cm³/mol. The minimum Gasteiger partial charge on any atom is -0.389 e. The second-order valence-corrected chi connectivity index (χ2v) is 4.67. The van der Waals surface area contributed by atoms with E-state index in [1.54, 1.807) is 11.3 Å². The van der Waals surface area contributed by atoms with Gasteiger partial charge in [0.05, 0.1) is 12.7 Å². The Bertz CT molecular complexity index is 288. The summed E-state index contributed by atoms with van der Waals surface area (Å²) in [7, 11) is 0. The number of aliphatic hydroxyl groups is 1. The predicted octanol–water partition coefficient (Wildman–Crippen LogP) is 1.80. The normalized spacial score (nSPS) is 12.9. The molecule has 0 saturated heterocycles. The van der Waals surface area contributed by atoms with Crippen LogP contribution in [0.5, 0.6) is 0 Å². The topological polar surface area (TPSA) is 41.5 Å². The number of nitrogens with one attached hydrogen (secondary N) is 1. The standard InChI is InChI=1S/C12H21NO2S/c1-3-10-5-6-16-12(10)8-13-7-11(14)9-15-4-2/h5-6,11,13-14H,3-4,7-9H2,1-2H3. The van der Waals surface area contributed by atoms with Crippen LogP contribution in [0.15, 0.2) is 11.4 Å². The first kappa shape index (κ1) is 13.6. The number of ether oxygens (including phenoxy) is 1. The molecule has 0 bridgehead atoms. The molecule has 4 heteroatoms. The molecule has 0 aliphatic carbocycles. The molecule has 16 heavy (non-hydrogen) atoms. The maximum Gasteiger partial charge on any atom is 0.0897 e. The third kappa shape index (κ3) is 4.61. The maximum absolute atomic E-state index is 9.55. The zero-order valence-corrected chi connectivity index (χ0v) is 10.8. The number of rotatable bonds is 8. The molecule has 1 aromatic heterocycles. The van der Waals surface area contributed by atoms with Crippen LogP contribution in [0.1, 0.15) is 24.3 Å². The minimum absolute atomic E-state index is 0.411. The molecule has 1 heterocycles. The van der Waals surface area contributed by atoms with E-state index in [9.17, 15) is 5.11 Å². The summed E-state index contributed by atoms with van der Waals surface area (Å²) in [5.41, 5.74) is 1.40. The molecule has 0 spiro atoms. The molecule has 1 aromatic rings. The van der Waals surface area contributed by atoms with Gasteiger partial charge in [0.1, 0.15) is 0 Å². The Morgan fingerprint density at radius 3 is 3.00 bits per heavy atom. The number of aryl methyl sites for hydroxylation is 1. The van der Waals surface area contributed by atoms with Crippen molar-refractivity contribution in [2.45, 2.75) is 32.9 Å². The van der Waals surface area contributed by atoms with Crippen molar-refractivity contribution in [3.63, 3.8) is 0 Å². The Morgan fingerprint density at radius 1 is 1.50 bits per heavy atom. The van der Waals surface area contributed by atoms with Crippen LogP contribution in [0.3, 0.4) is 0 Å². The number of hydrogen-bond donors (Lipinski definition) is 2. The molecule has 0 saturated carbocycles. The van der Waals surface area contributed by atoms with E-state index >= 15 is 0 Å². The second kappa shape index (κ2) is 7.79. The van der Waals surface area contributed by atoms with Gasteiger partial charge in [0.15, 0.2) is 0 Å². The highest BCUT2D eigenvalue weighted by atomic mass is 32.1. The molecule has 3 nitrogen and oxygen atoms in total. The summed E-state index contributed by atoms with van der Waals surface area (Å²) >= 11 is 1.77.